The number of rotatable bonds is 7. The van der Waals surface area contributed by atoms with Crippen LogP contribution in [0.2, 0.25) is 0 Å². The Morgan fingerprint density at radius 2 is 1.96 bits per heavy atom. The first-order chi connectivity index (χ1) is 12.7. The van der Waals surface area contributed by atoms with E-state index in [2.05, 4.69) is 9.97 Å². The van der Waals surface area contributed by atoms with Gasteiger partial charge in [0.1, 0.15) is 5.82 Å². The maximum absolute atomic E-state index is 13.0. The molecule has 1 fully saturated rings. The Bertz CT molecular complexity index is 749. The largest absolute Gasteiger partial charge is 0.469 e. The van der Waals surface area contributed by atoms with Crippen molar-refractivity contribution in [1.82, 2.24) is 9.97 Å². The van der Waals surface area contributed by atoms with E-state index >= 15 is 0 Å². The van der Waals surface area contributed by atoms with Gasteiger partial charge in [-0.2, -0.15) is 4.98 Å². The van der Waals surface area contributed by atoms with Crippen LogP contribution in [0.25, 0.3) is 0 Å². The number of Topliss-reactive ketones (excluding diaryl/α,β-unsaturated/α-hetero) is 1. The third-order valence-corrected chi connectivity index (χ3v) is 3.85. The zero-order chi connectivity index (χ0) is 18.4. The Balaban J connectivity index is 1.72. The fraction of sp³-hybridized carbons (Fsp3) is 0.389. The molecule has 1 aromatic carbocycles. The molecule has 0 N–H and O–H groups in total. The molecule has 1 aliphatic heterocycles. The molecular weight excluding hydrogens is 341 g/mol. The zero-order valence-corrected chi connectivity index (χ0v) is 14.5. The number of carbonyl (C=O) groups is 1. The van der Waals surface area contributed by atoms with Crippen LogP contribution in [0, 0.1) is 5.82 Å². The van der Waals surface area contributed by atoms with E-state index in [1.54, 1.807) is 13.2 Å². The molecule has 1 saturated heterocycles. The maximum Gasteiger partial charge on any atom is 0.229 e. The first-order valence-electron chi connectivity index (χ1n) is 8.27. The summed E-state index contributed by atoms with van der Waals surface area (Å²) < 4.78 is 29.0. The predicted octanol–water partition coefficient (Wildman–Crippen LogP) is 1.86. The number of nitrogens with zero attached hydrogens (tertiary/aromatic N) is 3. The highest BCUT2D eigenvalue weighted by molar-refractivity contribution is 5.97. The lowest BCUT2D eigenvalue weighted by Gasteiger charge is -2.27. The second kappa shape index (κ2) is 8.68. The van der Waals surface area contributed by atoms with Crippen molar-refractivity contribution in [1.29, 1.82) is 0 Å². The predicted molar refractivity (Wildman–Crippen MR) is 92.0 cm³/mol. The molecule has 8 heteroatoms. The molecule has 138 valence electrons. The van der Waals surface area contributed by atoms with Crippen molar-refractivity contribution in [2.24, 2.45) is 0 Å². The summed E-state index contributed by atoms with van der Waals surface area (Å²) >= 11 is 0. The van der Waals surface area contributed by atoms with Crippen LogP contribution in [0.5, 0.6) is 5.88 Å². The standard InChI is InChI=1S/C18H20FN3O4/c1-24-11-15-10-17(21-18(20-15)22-6-8-25-9-7-22)26-12-16(23)13-2-4-14(19)5-3-13/h2-5,10H,6-9,11-12H2,1H3. The van der Waals surface area contributed by atoms with Gasteiger partial charge in [-0.15, -0.1) is 0 Å². The smallest absolute Gasteiger partial charge is 0.229 e. The Morgan fingerprint density at radius 3 is 2.65 bits per heavy atom. The fourth-order valence-corrected chi connectivity index (χ4v) is 2.52. The first kappa shape index (κ1) is 18.2. The van der Waals surface area contributed by atoms with E-state index in [1.165, 1.54) is 24.3 Å². The molecule has 0 aliphatic carbocycles. The number of ketones is 1. The number of morpholine rings is 1. The van der Waals surface area contributed by atoms with Crippen LogP contribution in [0.15, 0.2) is 30.3 Å². The normalized spacial score (nSPS) is 14.3. The van der Waals surface area contributed by atoms with Crippen molar-refractivity contribution in [3.8, 4) is 5.88 Å². The quantitative estimate of drug-likeness (QED) is 0.697. The summed E-state index contributed by atoms with van der Waals surface area (Å²) in [5.74, 6) is 0.165. The average molecular weight is 361 g/mol. The number of carbonyl (C=O) groups excluding carboxylic acids is 1. The van der Waals surface area contributed by atoms with E-state index in [4.69, 9.17) is 14.2 Å². The van der Waals surface area contributed by atoms with Gasteiger partial charge in [0.05, 0.1) is 25.5 Å². The van der Waals surface area contributed by atoms with Crippen molar-refractivity contribution in [2.45, 2.75) is 6.61 Å². The molecule has 2 aromatic rings. The Morgan fingerprint density at radius 1 is 1.23 bits per heavy atom. The van der Waals surface area contributed by atoms with Crippen LogP contribution in [-0.2, 0) is 16.1 Å². The van der Waals surface area contributed by atoms with Gasteiger partial charge in [0.25, 0.3) is 0 Å². The van der Waals surface area contributed by atoms with Crippen molar-refractivity contribution < 1.29 is 23.4 Å². The van der Waals surface area contributed by atoms with Gasteiger partial charge >= 0.3 is 0 Å². The summed E-state index contributed by atoms with van der Waals surface area (Å²) in [6.07, 6.45) is 0. The van der Waals surface area contributed by atoms with E-state index in [-0.39, 0.29) is 12.4 Å². The third-order valence-electron chi connectivity index (χ3n) is 3.85. The van der Waals surface area contributed by atoms with Crippen molar-refractivity contribution in [3.63, 3.8) is 0 Å². The Hall–Kier alpha value is -2.58. The SMILES string of the molecule is COCc1cc(OCC(=O)c2ccc(F)cc2)nc(N2CCOCC2)n1. The Labute approximate surface area is 150 Å². The first-order valence-corrected chi connectivity index (χ1v) is 8.27. The lowest BCUT2D eigenvalue weighted by molar-refractivity contribution is 0.0917. The van der Waals surface area contributed by atoms with Gasteiger partial charge in [0, 0.05) is 31.8 Å². The Kier molecular flexibility index (Phi) is 6.08. The minimum Gasteiger partial charge on any atom is -0.469 e. The molecule has 1 aromatic heterocycles. The molecule has 0 bridgehead atoms. The molecule has 0 radical (unpaired) electrons. The summed E-state index contributed by atoms with van der Waals surface area (Å²) in [5.41, 5.74) is 1.04. The molecule has 26 heavy (non-hydrogen) atoms. The van der Waals surface area contributed by atoms with Gasteiger partial charge in [-0.3, -0.25) is 4.79 Å². The number of ether oxygens (including phenoxy) is 3. The highest BCUT2D eigenvalue weighted by Crippen LogP contribution is 2.18. The maximum atomic E-state index is 13.0. The van der Waals surface area contributed by atoms with E-state index in [9.17, 15) is 9.18 Å². The molecular formula is C18H20FN3O4. The van der Waals surface area contributed by atoms with Gasteiger partial charge in [-0.05, 0) is 24.3 Å². The molecule has 7 nitrogen and oxygen atoms in total. The highest BCUT2D eigenvalue weighted by atomic mass is 19.1. The lowest BCUT2D eigenvalue weighted by Crippen LogP contribution is -2.37. The number of benzene rings is 1. The molecule has 0 unspecified atom stereocenters. The van der Waals surface area contributed by atoms with Crippen molar-refractivity contribution in [2.75, 3.05) is 44.9 Å². The topological polar surface area (TPSA) is 73.8 Å². The summed E-state index contributed by atoms with van der Waals surface area (Å²) in [5, 5.41) is 0. The van der Waals surface area contributed by atoms with Crippen molar-refractivity contribution >= 4 is 11.7 Å². The highest BCUT2D eigenvalue weighted by Gasteiger charge is 2.17. The van der Waals surface area contributed by atoms with Gasteiger partial charge < -0.3 is 19.1 Å². The van der Waals surface area contributed by atoms with Crippen LogP contribution in [0.3, 0.4) is 0 Å². The molecule has 2 heterocycles. The molecule has 1 aliphatic rings. The van der Waals surface area contributed by atoms with Gasteiger partial charge in [0.2, 0.25) is 11.8 Å². The van der Waals surface area contributed by atoms with Crippen LogP contribution in [0.4, 0.5) is 10.3 Å². The van der Waals surface area contributed by atoms with Crippen LogP contribution in [-0.4, -0.2) is 55.8 Å². The zero-order valence-electron chi connectivity index (χ0n) is 14.5. The van der Waals surface area contributed by atoms with Crippen molar-refractivity contribution in [3.05, 3.63) is 47.4 Å². The molecule has 0 amide bonds. The van der Waals surface area contributed by atoms with E-state index in [1.807, 2.05) is 4.90 Å². The summed E-state index contributed by atoms with van der Waals surface area (Å²) in [6.45, 7) is 2.70. The number of aromatic nitrogens is 2. The van der Waals surface area contributed by atoms with Crippen LogP contribution >= 0.6 is 0 Å². The van der Waals surface area contributed by atoms with Gasteiger partial charge in [0.15, 0.2) is 12.4 Å². The fourth-order valence-electron chi connectivity index (χ4n) is 2.52. The third kappa shape index (κ3) is 4.74. The number of anilines is 1. The summed E-state index contributed by atoms with van der Waals surface area (Å²) in [7, 11) is 1.58. The second-order valence-corrected chi connectivity index (χ2v) is 5.75. The van der Waals surface area contributed by atoms with E-state index < -0.39 is 5.82 Å². The van der Waals surface area contributed by atoms with Crippen LogP contribution < -0.4 is 9.64 Å². The average Bonchev–Trinajstić information content (AvgIpc) is 2.67. The molecule has 3 rings (SSSR count). The van der Waals surface area contributed by atoms with E-state index in [0.29, 0.717) is 56.0 Å². The number of methoxy groups -OCH3 is 1. The van der Waals surface area contributed by atoms with Gasteiger partial charge in [-0.1, -0.05) is 0 Å². The number of hydrogen-bond donors (Lipinski definition) is 0. The molecule has 0 saturated carbocycles. The lowest BCUT2D eigenvalue weighted by atomic mass is 10.1. The minimum atomic E-state index is -0.391. The molecule has 0 spiro atoms. The number of hydrogen-bond acceptors (Lipinski definition) is 7. The summed E-state index contributed by atoms with van der Waals surface area (Å²) in [4.78, 5) is 23.0. The monoisotopic (exact) mass is 361 g/mol. The number of halogens is 1. The van der Waals surface area contributed by atoms with E-state index in [0.717, 1.165) is 0 Å². The minimum absolute atomic E-state index is 0.197. The van der Waals surface area contributed by atoms with Crippen LogP contribution in [0.1, 0.15) is 16.1 Å². The second-order valence-electron chi connectivity index (χ2n) is 5.75. The summed E-state index contributed by atoms with van der Waals surface area (Å²) in [6, 6.07) is 6.98. The van der Waals surface area contributed by atoms with Gasteiger partial charge in [-0.25, -0.2) is 9.37 Å². The molecule has 0 atom stereocenters.